The van der Waals surface area contributed by atoms with E-state index in [1.54, 1.807) is 36.2 Å². The van der Waals surface area contributed by atoms with Crippen molar-refractivity contribution in [2.75, 3.05) is 0 Å². The molecule has 0 saturated carbocycles. The lowest BCUT2D eigenvalue weighted by atomic mass is 10.2. The first-order valence-electron chi connectivity index (χ1n) is 6.01. The average molecular weight is 307 g/mol. The SMILES string of the molecule is O=c1[nH]c(CSCc2ccco2)nc2ccc(Cl)cc12. The largest absolute Gasteiger partial charge is 0.468 e. The molecule has 0 fully saturated rings. The summed E-state index contributed by atoms with van der Waals surface area (Å²) in [5, 5.41) is 1.04. The Bertz CT molecular complexity index is 783. The minimum Gasteiger partial charge on any atom is -0.468 e. The summed E-state index contributed by atoms with van der Waals surface area (Å²) in [4.78, 5) is 19.2. The molecule has 2 heterocycles. The summed E-state index contributed by atoms with van der Waals surface area (Å²) >= 11 is 7.51. The number of aromatic amines is 1. The van der Waals surface area contributed by atoms with Gasteiger partial charge < -0.3 is 9.40 Å². The molecule has 102 valence electrons. The molecule has 2 aromatic heterocycles. The summed E-state index contributed by atoms with van der Waals surface area (Å²) in [7, 11) is 0. The number of hydrogen-bond donors (Lipinski definition) is 1. The van der Waals surface area contributed by atoms with Crippen molar-refractivity contribution in [3.63, 3.8) is 0 Å². The van der Waals surface area contributed by atoms with Gasteiger partial charge in [0.15, 0.2) is 0 Å². The molecule has 0 radical (unpaired) electrons. The lowest BCUT2D eigenvalue weighted by Crippen LogP contribution is -2.11. The van der Waals surface area contributed by atoms with Gasteiger partial charge in [-0.1, -0.05) is 11.6 Å². The Morgan fingerprint density at radius 3 is 3.00 bits per heavy atom. The molecule has 0 amide bonds. The predicted octanol–water partition coefficient (Wildman–Crippen LogP) is 3.60. The fourth-order valence-corrected chi connectivity index (χ4v) is 2.84. The van der Waals surface area contributed by atoms with Crippen molar-refractivity contribution in [2.24, 2.45) is 0 Å². The number of thioether (sulfide) groups is 1. The van der Waals surface area contributed by atoms with Crippen molar-refractivity contribution in [3.05, 3.63) is 63.6 Å². The van der Waals surface area contributed by atoms with Crippen molar-refractivity contribution in [1.82, 2.24) is 9.97 Å². The number of rotatable bonds is 4. The van der Waals surface area contributed by atoms with Crippen LogP contribution in [0, 0.1) is 0 Å². The van der Waals surface area contributed by atoms with Gasteiger partial charge in [0.25, 0.3) is 5.56 Å². The summed E-state index contributed by atoms with van der Waals surface area (Å²) in [5.74, 6) is 2.93. The van der Waals surface area contributed by atoms with E-state index in [9.17, 15) is 4.79 Å². The van der Waals surface area contributed by atoms with Crippen LogP contribution in [-0.4, -0.2) is 9.97 Å². The quantitative estimate of drug-likeness (QED) is 0.800. The summed E-state index contributed by atoms with van der Waals surface area (Å²) in [6.45, 7) is 0. The van der Waals surface area contributed by atoms with Crippen LogP contribution in [0.25, 0.3) is 10.9 Å². The van der Waals surface area contributed by atoms with Crippen LogP contribution >= 0.6 is 23.4 Å². The standard InChI is InChI=1S/C14H11ClN2O2S/c15-9-3-4-12-11(6-9)14(18)17-13(16-12)8-20-7-10-2-1-5-19-10/h1-6H,7-8H2,(H,16,17,18). The molecule has 1 N–H and O–H groups in total. The molecule has 0 unspecified atom stereocenters. The molecule has 0 aliphatic heterocycles. The Morgan fingerprint density at radius 1 is 1.30 bits per heavy atom. The van der Waals surface area contributed by atoms with Crippen LogP contribution in [0.3, 0.4) is 0 Å². The third kappa shape index (κ3) is 2.89. The highest BCUT2D eigenvalue weighted by molar-refractivity contribution is 7.97. The van der Waals surface area contributed by atoms with E-state index in [2.05, 4.69) is 9.97 Å². The van der Waals surface area contributed by atoms with Gasteiger partial charge in [0.2, 0.25) is 0 Å². The number of furan rings is 1. The third-order valence-electron chi connectivity index (χ3n) is 2.78. The maximum Gasteiger partial charge on any atom is 0.258 e. The molecule has 0 atom stereocenters. The molecular weight excluding hydrogens is 296 g/mol. The Balaban J connectivity index is 1.78. The maximum atomic E-state index is 12.0. The predicted molar refractivity (Wildman–Crippen MR) is 81.1 cm³/mol. The molecule has 3 rings (SSSR count). The minimum absolute atomic E-state index is 0.161. The van der Waals surface area contributed by atoms with Crippen molar-refractivity contribution in [1.29, 1.82) is 0 Å². The lowest BCUT2D eigenvalue weighted by Gasteiger charge is -2.03. The van der Waals surface area contributed by atoms with E-state index in [1.807, 2.05) is 12.1 Å². The second-order valence-corrected chi connectivity index (χ2v) is 5.67. The van der Waals surface area contributed by atoms with Crippen molar-refractivity contribution in [2.45, 2.75) is 11.5 Å². The number of nitrogens with zero attached hydrogens (tertiary/aromatic N) is 1. The molecule has 20 heavy (non-hydrogen) atoms. The number of hydrogen-bond acceptors (Lipinski definition) is 4. The van der Waals surface area contributed by atoms with Crippen molar-refractivity contribution >= 4 is 34.3 Å². The van der Waals surface area contributed by atoms with E-state index in [0.29, 0.717) is 27.5 Å². The number of H-pyrrole nitrogens is 1. The smallest absolute Gasteiger partial charge is 0.258 e. The molecule has 4 nitrogen and oxygen atoms in total. The Labute approximate surface area is 124 Å². The first-order valence-corrected chi connectivity index (χ1v) is 7.54. The van der Waals surface area contributed by atoms with Crippen LogP contribution in [-0.2, 0) is 11.5 Å². The number of nitrogens with one attached hydrogen (secondary N) is 1. The molecular formula is C14H11ClN2O2S. The summed E-state index contributed by atoms with van der Waals surface area (Å²) in [5.41, 5.74) is 0.498. The summed E-state index contributed by atoms with van der Waals surface area (Å²) < 4.78 is 5.25. The molecule has 1 aromatic carbocycles. The fourth-order valence-electron chi connectivity index (χ4n) is 1.87. The van der Waals surface area contributed by atoms with Gasteiger partial charge >= 0.3 is 0 Å². The van der Waals surface area contributed by atoms with Crippen LogP contribution in [0.4, 0.5) is 0 Å². The van der Waals surface area contributed by atoms with E-state index in [4.69, 9.17) is 16.0 Å². The van der Waals surface area contributed by atoms with E-state index >= 15 is 0 Å². The second-order valence-electron chi connectivity index (χ2n) is 4.25. The monoisotopic (exact) mass is 306 g/mol. The van der Waals surface area contributed by atoms with E-state index < -0.39 is 0 Å². The zero-order valence-electron chi connectivity index (χ0n) is 10.4. The van der Waals surface area contributed by atoms with Crippen molar-refractivity contribution in [3.8, 4) is 0 Å². The van der Waals surface area contributed by atoms with Gasteiger partial charge in [-0.25, -0.2) is 4.98 Å². The van der Waals surface area contributed by atoms with Crippen molar-refractivity contribution < 1.29 is 4.42 Å². The fraction of sp³-hybridized carbons (Fsp3) is 0.143. The molecule has 6 heteroatoms. The van der Waals surface area contributed by atoms with Crippen LogP contribution < -0.4 is 5.56 Å². The van der Waals surface area contributed by atoms with Gasteiger partial charge in [-0.05, 0) is 30.3 Å². The lowest BCUT2D eigenvalue weighted by molar-refractivity contribution is 0.530. The highest BCUT2D eigenvalue weighted by atomic mass is 35.5. The Kier molecular flexibility index (Phi) is 3.80. The first kappa shape index (κ1) is 13.3. The summed E-state index contributed by atoms with van der Waals surface area (Å²) in [6.07, 6.45) is 1.65. The third-order valence-corrected chi connectivity index (χ3v) is 3.98. The number of aromatic nitrogens is 2. The van der Waals surface area contributed by atoms with Gasteiger partial charge in [0, 0.05) is 5.02 Å². The molecule has 0 saturated heterocycles. The minimum atomic E-state index is -0.161. The van der Waals surface area contributed by atoms with E-state index in [-0.39, 0.29) is 5.56 Å². The Hall–Kier alpha value is -1.72. The van der Waals surface area contributed by atoms with E-state index in [0.717, 1.165) is 11.5 Å². The molecule has 0 aliphatic carbocycles. The normalized spacial score (nSPS) is 11.1. The average Bonchev–Trinajstić information content (AvgIpc) is 2.93. The number of benzene rings is 1. The van der Waals surface area contributed by atoms with Gasteiger partial charge in [-0.2, -0.15) is 0 Å². The van der Waals surface area contributed by atoms with E-state index in [1.165, 1.54) is 0 Å². The van der Waals surface area contributed by atoms with Crippen LogP contribution in [0.1, 0.15) is 11.6 Å². The highest BCUT2D eigenvalue weighted by Crippen LogP contribution is 2.18. The van der Waals surface area contributed by atoms with Crippen LogP contribution in [0.15, 0.2) is 45.8 Å². The number of halogens is 1. The molecule has 0 aliphatic rings. The van der Waals surface area contributed by atoms with Gasteiger partial charge in [0.05, 0.1) is 28.7 Å². The molecule has 3 aromatic rings. The summed E-state index contributed by atoms with van der Waals surface area (Å²) in [6, 6.07) is 8.90. The zero-order chi connectivity index (χ0) is 13.9. The van der Waals surface area contributed by atoms with Gasteiger partial charge in [-0.15, -0.1) is 11.8 Å². The van der Waals surface area contributed by atoms with Crippen LogP contribution in [0.5, 0.6) is 0 Å². The Morgan fingerprint density at radius 2 is 2.20 bits per heavy atom. The highest BCUT2D eigenvalue weighted by Gasteiger charge is 2.05. The second kappa shape index (κ2) is 5.73. The zero-order valence-corrected chi connectivity index (χ0v) is 12.0. The van der Waals surface area contributed by atoms with Gasteiger partial charge in [0.1, 0.15) is 11.6 Å². The molecule has 0 spiro atoms. The maximum absolute atomic E-state index is 12.0. The number of fused-ring (bicyclic) bond motifs is 1. The van der Waals surface area contributed by atoms with Gasteiger partial charge in [-0.3, -0.25) is 4.79 Å². The first-order chi connectivity index (χ1) is 9.72. The molecule has 0 bridgehead atoms. The topological polar surface area (TPSA) is 58.9 Å². The van der Waals surface area contributed by atoms with Crippen LogP contribution in [0.2, 0.25) is 5.02 Å².